The number of benzene rings is 3. The van der Waals surface area contributed by atoms with Gasteiger partial charge in [-0.3, -0.25) is 4.79 Å². The second kappa shape index (κ2) is 8.82. The van der Waals surface area contributed by atoms with Gasteiger partial charge in [0.2, 0.25) is 0 Å². The van der Waals surface area contributed by atoms with E-state index in [9.17, 15) is 9.59 Å². The highest BCUT2D eigenvalue weighted by molar-refractivity contribution is 5.99. The molecule has 5 rings (SSSR count). The topological polar surface area (TPSA) is 86.5 Å². The largest absolute Gasteiger partial charge is 0.497 e. The Morgan fingerprint density at radius 2 is 1.65 bits per heavy atom. The van der Waals surface area contributed by atoms with Crippen LogP contribution in [0, 0.1) is 0 Å². The van der Waals surface area contributed by atoms with Crippen LogP contribution in [0.2, 0.25) is 0 Å². The molecule has 0 saturated heterocycles. The molecule has 4 aromatic rings. The van der Waals surface area contributed by atoms with Crippen molar-refractivity contribution >= 4 is 11.9 Å². The SMILES string of the molecule is COC(=O)c1nc2n(n1)-c1ccccc1C(=O)N(Cc1ccccc1)C2c1ccc(OC)cc1. The van der Waals surface area contributed by atoms with Crippen molar-refractivity contribution in [2.24, 2.45) is 0 Å². The van der Waals surface area contributed by atoms with Crippen molar-refractivity contribution in [1.82, 2.24) is 19.7 Å². The minimum Gasteiger partial charge on any atom is -0.497 e. The summed E-state index contributed by atoms with van der Waals surface area (Å²) in [4.78, 5) is 32.6. The number of nitrogens with zero attached hydrogens (tertiary/aromatic N) is 4. The fourth-order valence-corrected chi connectivity index (χ4v) is 4.17. The molecule has 1 unspecified atom stereocenters. The average molecular weight is 454 g/mol. The minimum atomic E-state index is -0.646. The van der Waals surface area contributed by atoms with Crippen LogP contribution in [0.15, 0.2) is 78.9 Å². The second-order valence-corrected chi connectivity index (χ2v) is 7.81. The third kappa shape index (κ3) is 3.69. The van der Waals surface area contributed by atoms with Gasteiger partial charge in [0.15, 0.2) is 5.82 Å². The van der Waals surface area contributed by atoms with Crippen LogP contribution in [-0.2, 0) is 11.3 Å². The molecule has 0 saturated carbocycles. The first kappa shape index (κ1) is 21.4. The number of methoxy groups -OCH3 is 2. The Morgan fingerprint density at radius 1 is 0.941 bits per heavy atom. The number of ether oxygens (including phenoxy) is 2. The molecule has 0 bridgehead atoms. The van der Waals surface area contributed by atoms with E-state index in [1.807, 2.05) is 66.7 Å². The summed E-state index contributed by atoms with van der Waals surface area (Å²) in [6.45, 7) is 0.338. The molecule has 1 aliphatic heterocycles. The molecule has 0 fully saturated rings. The van der Waals surface area contributed by atoms with Crippen LogP contribution in [0.3, 0.4) is 0 Å². The Labute approximate surface area is 196 Å². The van der Waals surface area contributed by atoms with Gasteiger partial charge in [-0.05, 0) is 35.4 Å². The number of esters is 1. The number of aromatic nitrogens is 3. The molecule has 3 aromatic carbocycles. The van der Waals surface area contributed by atoms with Crippen molar-refractivity contribution in [3.8, 4) is 11.4 Å². The molecule has 1 aromatic heterocycles. The Kier molecular flexibility index (Phi) is 5.55. The van der Waals surface area contributed by atoms with E-state index in [0.29, 0.717) is 29.4 Å². The molecule has 0 radical (unpaired) electrons. The van der Waals surface area contributed by atoms with Crippen molar-refractivity contribution in [3.63, 3.8) is 0 Å². The first-order valence-corrected chi connectivity index (χ1v) is 10.7. The molecule has 1 amide bonds. The molecule has 0 spiro atoms. The number of fused-ring (bicyclic) bond motifs is 3. The van der Waals surface area contributed by atoms with Crippen LogP contribution in [0.5, 0.6) is 5.75 Å². The summed E-state index contributed by atoms with van der Waals surface area (Å²) in [5.41, 5.74) is 2.80. The molecule has 0 aliphatic carbocycles. The molecular formula is C26H22N4O4. The normalized spacial score (nSPS) is 14.7. The van der Waals surface area contributed by atoms with E-state index in [4.69, 9.17) is 9.47 Å². The first-order chi connectivity index (χ1) is 16.6. The minimum absolute atomic E-state index is 0.0696. The number of hydrogen-bond donors (Lipinski definition) is 0. The van der Waals surface area contributed by atoms with Gasteiger partial charge in [-0.25, -0.2) is 14.5 Å². The van der Waals surface area contributed by atoms with Crippen molar-refractivity contribution in [2.45, 2.75) is 12.6 Å². The van der Waals surface area contributed by atoms with Gasteiger partial charge in [0.1, 0.15) is 11.8 Å². The van der Waals surface area contributed by atoms with Crippen LogP contribution in [0.4, 0.5) is 0 Å². The summed E-state index contributed by atoms with van der Waals surface area (Å²) >= 11 is 0. The van der Waals surface area contributed by atoms with Gasteiger partial charge in [0.25, 0.3) is 11.7 Å². The van der Waals surface area contributed by atoms with Crippen molar-refractivity contribution in [1.29, 1.82) is 0 Å². The average Bonchev–Trinajstić information content (AvgIpc) is 3.30. The number of carbonyl (C=O) groups is 2. The third-order valence-electron chi connectivity index (χ3n) is 5.81. The van der Waals surface area contributed by atoms with Crippen LogP contribution in [0.1, 0.15) is 44.0 Å². The maximum atomic E-state index is 13.9. The number of hydrogen-bond acceptors (Lipinski definition) is 6. The molecule has 2 heterocycles. The van der Waals surface area contributed by atoms with Gasteiger partial charge < -0.3 is 14.4 Å². The molecule has 1 aliphatic rings. The van der Waals surface area contributed by atoms with Crippen LogP contribution in [-0.4, -0.2) is 45.8 Å². The highest BCUT2D eigenvalue weighted by Crippen LogP contribution is 2.36. The van der Waals surface area contributed by atoms with Gasteiger partial charge in [0, 0.05) is 6.54 Å². The van der Waals surface area contributed by atoms with Gasteiger partial charge in [0.05, 0.1) is 25.5 Å². The van der Waals surface area contributed by atoms with E-state index in [1.165, 1.54) is 7.11 Å². The predicted molar refractivity (Wildman–Crippen MR) is 124 cm³/mol. The van der Waals surface area contributed by atoms with E-state index in [1.54, 1.807) is 28.8 Å². The lowest BCUT2D eigenvalue weighted by molar-refractivity contribution is 0.0586. The quantitative estimate of drug-likeness (QED) is 0.426. The lowest BCUT2D eigenvalue weighted by Gasteiger charge is -2.30. The van der Waals surface area contributed by atoms with Gasteiger partial charge >= 0.3 is 5.97 Å². The summed E-state index contributed by atoms with van der Waals surface area (Å²) in [5, 5.41) is 4.44. The van der Waals surface area contributed by atoms with Crippen molar-refractivity contribution in [2.75, 3.05) is 14.2 Å². The highest BCUT2D eigenvalue weighted by Gasteiger charge is 2.38. The smallest absolute Gasteiger partial charge is 0.377 e. The summed E-state index contributed by atoms with van der Waals surface area (Å²) in [7, 11) is 2.89. The van der Waals surface area contributed by atoms with E-state index in [-0.39, 0.29) is 11.7 Å². The standard InChI is InChI=1S/C26H22N4O4/c1-33-19-14-12-18(13-15-19)22-24-27-23(26(32)34-2)28-30(24)21-11-7-6-10-20(21)25(31)29(22)16-17-8-4-3-5-9-17/h3-15,22H,16H2,1-2H3. The number of carbonyl (C=O) groups excluding carboxylic acids is 2. The van der Waals surface area contributed by atoms with E-state index in [2.05, 4.69) is 10.1 Å². The summed E-state index contributed by atoms with van der Waals surface area (Å²) < 4.78 is 11.8. The van der Waals surface area contributed by atoms with Crippen LogP contribution < -0.4 is 4.74 Å². The Morgan fingerprint density at radius 3 is 2.35 bits per heavy atom. The van der Waals surface area contributed by atoms with E-state index < -0.39 is 12.0 Å². The number of rotatable bonds is 5. The van der Waals surface area contributed by atoms with Crippen LogP contribution in [0.25, 0.3) is 5.69 Å². The molecule has 1 atom stereocenters. The molecule has 34 heavy (non-hydrogen) atoms. The fourth-order valence-electron chi connectivity index (χ4n) is 4.17. The molecular weight excluding hydrogens is 432 g/mol. The predicted octanol–water partition coefficient (Wildman–Crippen LogP) is 3.81. The second-order valence-electron chi connectivity index (χ2n) is 7.81. The highest BCUT2D eigenvalue weighted by atomic mass is 16.5. The zero-order chi connectivity index (χ0) is 23.7. The van der Waals surface area contributed by atoms with Crippen molar-refractivity contribution < 1.29 is 19.1 Å². The van der Waals surface area contributed by atoms with E-state index >= 15 is 0 Å². The van der Waals surface area contributed by atoms with E-state index in [0.717, 1.165) is 11.1 Å². The number of amides is 1. The van der Waals surface area contributed by atoms with Crippen LogP contribution >= 0.6 is 0 Å². The Hall–Kier alpha value is -4.46. The van der Waals surface area contributed by atoms with Gasteiger partial charge in [-0.1, -0.05) is 54.6 Å². The first-order valence-electron chi connectivity index (χ1n) is 10.7. The summed E-state index contributed by atoms with van der Waals surface area (Å²) in [6, 6.07) is 23.8. The molecule has 0 N–H and O–H groups in total. The lowest BCUT2D eigenvalue weighted by atomic mass is 10.0. The van der Waals surface area contributed by atoms with Gasteiger partial charge in [-0.15, -0.1) is 5.10 Å². The molecule has 8 nitrogen and oxygen atoms in total. The zero-order valence-corrected chi connectivity index (χ0v) is 18.7. The zero-order valence-electron chi connectivity index (χ0n) is 18.7. The molecule has 170 valence electrons. The third-order valence-corrected chi connectivity index (χ3v) is 5.81. The monoisotopic (exact) mass is 454 g/mol. The Balaban J connectivity index is 1.75. The van der Waals surface area contributed by atoms with Crippen molar-refractivity contribution in [3.05, 3.63) is 107 Å². The summed E-state index contributed by atoms with van der Waals surface area (Å²) in [6.07, 6.45) is 0. The lowest BCUT2D eigenvalue weighted by Crippen LogP contribution is -2.34. The fraction of sp³-hybridized carbons (Fsp3) is 0.154. The van der Waals surface area contributed by atoms with Gasteiger partial charge in [-0.2, -0.15) is 0 Å². The number of para-hydroxylation sites is 1. The Bertz CT molecular complexity index is 1350. The maximum Gasteiger partial charge on any atom is 0.377 e. The maximum absolute atomic E-state index is 13.9. The molecule has 8 heteroatoms. The summed E-state index contributed by atoms with van der Waals surface area (Å²) in [5.74, 6) is 0.262.